The van der Waals surface area contributed by atoms with Crippen molar-refractivity contribution in [3.8, 4) is 11.4 Å². The molecule has 3 aromatic rings. The number of thioether (sulfide) groups is 1. The van der Waals surface area contributed by atoms with Crippen LogP contribution in [0, 0.1) is 0 Å². The van der Waals surface area contributed by atoms with Gasteiger partial charge in [0.15, 0.2) is 0 Å². The van der Waals surface area contributed by atoms with E-state index in [4.69, 9.17) is 16.1 Å². The molecule has 2 amide bonds. The third-order valence-electron chi connectivity index (χ3n) is 3.53. The van der Waals surface area contributed by atoms with E-state index in [0.29, 0.717) is 21.3 Å². The molecule has 0 saturated carbocycles. The number of benzene rings is 1. The lowest BCUT2D eigenvalue weighted by atomic mass is 10.2. The molecule has 0 bridgehead atoms. The van der Waals surface area contributed by atoms with Crippen molar-refractivity contribution in [3.63, 3.8) is 0 Å². The van der Waals surface area contributed by atoms with Gasteiger partial charge in [0.05, 0.1) is 4.91 Å². The Morgan fingerprint density at radius 1 is 1.23 bits per heavy atom. The first-order chi connectivity index (χ1) is 12.6. The lowest BCUT2D eigenvalue weighted by Gasteiger charge is -2.08. The second-order valence-corrected chi connectivity index (χ2v) is 7.71. The van der Waals surface area contributed by atoms with Crippen molar-refractivity contribution < 1.29 is 14.1 Å². The molecule has 1 aliphatic rings. The van der Waals surface area contributed by atoms with Crippen LogP contribution in [0.2, 0.25) is 5.02 Å². The second-order valence-electron chi connectivity index (χ2n) is 5.31. The molecule has 3 heterocycles. The van der Waals surface area contributed by atoms with E-state index < -0.39 is 0 Å². The maximum atomic E-state index is 12.5. The minimum atomic E-state index is -0.365. The summed E-state index contributed by atoms with van der Waals surface area (Å²) in [6.45, 7) is -0.0694. The Morgan fingerprint density at radius 2 is 2.12 bits per heavy atom. The van der Waals surface area contributed by atoms with Gasteiger partial charge in [-0.1, -0.05) is 35.0 Å². The Hall–Kier alpha value is -2.42. The van der Waals surface area contributed by atoms with E-state index in [1.807, 2.05) is 17.5 Å². The maximum absolute atomic E-state index is 12.5. The number of carbonyl (C=O) groups is 2. The molecule has 0 N–H and O–H groups in total. The van der Waals surface area contributed by atoms with Crippen LogP contribution in [-0.4, -0.2) is 26.2 Å². The van der Waals surface area contributed by atoms with Crippen LogP contribution in [0.25, 0.3) is 17.5 Å². The quantitative estimate of drug-likeness (QED) is 0.588. The minimum Gasteiger partial charge on any atom is -0.337 e. The van der Waals surface area contributed by atoms with Gasteiger partial charge >= 0.3 is 0 Å². The SMILES string of the molecule is O=C1S/C(=C\c2cccs2)C(=O)N1Cc1nc(-c2cccc(Cl)c2)no1. The zero-order chi connectivity index (χ0) is 18.1. The average Bonchev–Trinajstić information content (AvgIpc) is 3.34. The molecule has 0 spiro atoms. The number of nitrogens with zero attached hydrogens (tertiary/aromatic N) is 3. The van der Waals surface area contributed by atoms with Crippen molar-refractivity contribution >= 4 is 51.9 Å². The molecule has 26 heavy (non-hydrogen) atoms. The number of hydrogen-bond acceptors (Lipinski definition) is 7. The monoisotopic (exact) mass is 403 g/mol. The number of rotatable bonds is 4. The van der Waals surface area contributed by atoms with Crippen molar-refractivity contribution in [3.05, 3.63) is 62.5 Å². The van der Waals surface area contributed by atoms with Crippen LogP contribution in [-0.2, 0) is 11.3 Å². The summed E-state index contributed by atoms with van der Waals surface area (Å²) in [4.78, 5) is 31.3. The molecule has 0 aliphatic carbocycles. The summed E-state index contributed by atoms with van der Waals surface area (Å²) in [5, 5.41) is 5.99. The molecule has 1 fully saturated rings. The first-order valence-corrected chi connectivity index (χ1v) is 9.55. The Kier molecular flexibility index (Phi) is 4.62. The summed E-state index contributed by atoms with van der Waals surface area (Å²) in [6.07, 6.45) is 1.71. The van der Waals surface area contributed by atoms with Gasteiger partial charge in [-0.05, 0) is 41.4 Å². The van der Waals surface area contributed by atoms with Crippen LogP contribution in [0.5, 0.6) is 0 Å². The van der Waals surface area contributed by atoms with E-state index in [9.17, 15) is 9.59 Å². The molecule has 0 radical (unpaired) electrons. The fourth-order valence-corrected chi connectivity index (χ4v) is 4.09. The van der Waals surface area contributed by atoms with Crippen molar-refractivity contribution in [2.45, 2.75) is 6.54 Å². The molecule has 2 aromatic heterocycles. The molecule has 9 heteroatoms. The summed E-state index contributed by atoms with van der Waals surface area (Å²) >= 11 is 8.36. The number of imide groups is 1. The summed E-state index contributed by atoms with van der Waals surface area (Å²) in [5.74, 6) is 0.166. The first kappa shape index (κ1) is 17.0. The highest BCUT2D eigenvalue weighted by atomic mass is 35.5. The minimum absolute atomic E-state index is 0.0694. The van der Waals surface area contributed by atoms with Crippen molar-refractivity contribution in [2.75, 3.05) is 0 Å². The molecule has 0 unspecified atom stereocenters. The van der Waals surface area contributed by atoms with Gasteiger partial charge in [-0.25, -0.2) is 0 Å². The van der Waals surface area contributed by atoms with Gasteiger partial charge < -0.3 is 4.52 Å². The van der Waals surface area contributed by atoms with Crippen LogP contribution in [0.3, 0.4) is 0 Å². The van der Waals surface area contributed by atoms with E-state index in [1.165, 1.54) is 11.3 Å². The normalized spacial score (nSPS) is 16.0. The van der Waals surface area contributed by atoms with Gasteiger partial charge in [0.25, 0.3) is 11.1 Å². The molecule has 1 saturated heterocycles. The van der Waals surface area contributed by atoms with Crippen LogP contribution >= 0.6 is 34.7 Å². The first-order valence-electron chi connectivity index (χ1n) is 7.47. The van der Waals surface area contributed by atoms with Gasteiger partial charge in [-0.3, -0.25) is 14.5 Å². The number of thiophene rings is 1. The lowest BCUT2D eigenvalue weighted by Crippen LogP contribution is -2.27. The predicted molar refractivity (Wildman–Crippen MR) is 101 cm³/mol. The van der Waals surface area contributed by atoms with Crippen molar-refractivity contribution in [2.24, 2.45) is 0 Å². The third-order valence-corrected chi connectivity index (χ3v) is 5.50. The molecular formula is C17H10ClN3O3S2. The molecule has 1 aromatic carbocycles. The molecule has 0 atom stereocenters. The van der Waals surface area contributed by atoms with Gasteiger partial charge in [-0.15, -0.1) is 11.3 Å². The van der Waals surface area contributed by atoms with E-state index >= 15 is 0 Å². The zero-order valence-electron chi connectivity index (χ0n) is 13.1. The van der Waals surface area contributed by atoms with Gasteiger partial charge in [-0.2, -0.15) is 4.98 Å². The summed E-state index contributed by atoms with van der Waals surface area (Å²) in [6, 6.07) is 10.8. The smallest absolute Gasteiger partial charge is 0.294 e. The standard InChI is InChI=1S/C17H10ClN3O3S2/c18-11-4-1-3-10(7-11)15-19-14(24-20-15)9-21-16(22)13(26-17(21)23)8-12-5-2-6-25-12/h1-8H,9H2/b13-8-. The Morgan fingerprint density at radius 3 is 2.88 bits per heavy atom. The Labute approximate surface area is 161 Å². The van der Waals surface area contributed by atoms with E-state index in [2.05, 4.69) is 10.1 Å². The summed E-state index contributed by atoms with van der Waals surface area (Å²) in [7, 11) is 0. The van der Waals surface area contributed by atoms with Crippen LogP contribution in [0.4, 0.5) is 4.79 Å². The largest absolute Gasteiger partial charge is 0.337 e. The number of halogens is 1. The summed E-state index contributed by atoms with van der Waals surface area (Å²) in [5.41, 5.74) is 0.694. The van der Waals surface area contributed by atoms with Crippen LogP contribution in [0.15, 0.2) is 51.2 Å². The lowest BCUT2D eigenvalue weighted by molar-refractivity contribution is -0.123. The van der Waals surface area contributed by atoms with Crippen LogP contribution < -0.4 is 0 Å². The molecule has 6 nitrogen and oxygen atoms in total. The number of amides is 2. The van der Waals surface area contributed by atoms with Crippen molar-refractivity contribution in [1.29, 1.82) is 0 Å². The Balaban J connectivity index is 1.53. The maximum Gasteiger partial charge on any atom is 0.294 e. The third kappa shape index (κ3) is 3.44. The molecule has 4 rings (SSSR count). The van der Waals surface area contributed by atoms with E-state index in [0.717, 1.165) is 21.5 Å². The van der Waals surface area contributed by atoms with Gasteiger partial charge in [0.1, 0.15) is 6.54 Å². The fraction of sp³-hybridized carbons (Fsp3) is 0.0588. The topological polar surface area (TPSA) is 76.3 Å². The van der Waals surface area contributed by atoms with Gasteiger partial charge in [0, 0.05) is 15.5 Å². The average molecular weight is 404 g/mol. The number of carbonyl (C=O) groups excluding carboxylic acids is 2. The van der Waals surface area contributed by atoms with E-state index in [-0.39, 0.29) is 23.6 Å². The highest BCUT2D eigenvalue weighted by molar-refractivity contribution is 8.18. The highest BCUT2D eigenvalue weighted by Gasteiger charge is 2.36. The molecular weight excluding hydrogens is 394 g/mol. The van der Waals surface area contributed by atoms with Gasteiger partial charge in [0.2, 0.25) is 11.7 Å². The fourth-order valence-electron chi connectivity index (χ4n) is 2.34. The molecule has 130 valence electrons. The Bertz CT molecular complexity index is 1010. The predicted octanol–water partition coefficient (Wildman–Crippen LogP) is 4.69. The molecule has 1 aliphatic heterocycles. The highest BCUT2D eigenvalue weighted by Crippen LogP contribution is 2.34. The van der Waals surface area contributed by atoms with Crippen molar-refractivity contribution in [1.82, 2.24) is 15.0 Å². The zero-order valence-corrected chi connectivity index (χ0v) is 15.5. The second kappa shape index (κ2) is 7.06. The summed E-state index contributed by atoms with van der Waals surface area (Å²) < 4.78 is 5.18. The number of hydrogen-bond donors (Lipinski definition) is 0. The number of aromatic nitrogens is 2. The van der Waals surface area contributed by atoms with Crippen LogP contribution in [0.1, 0.15) is 10.8 Å². The van der Waals surface area contributed by atoms with E-state index in [1.54, 1.807) is 30.3 Å².